The van der Waals surface area contributed by atoms with Crippen LogP contribution in [0.1, 0.15) is 32.4 Å². The second-order valence-electron chi connectivity index (χ2n) is 4.69. The molecule has 4 nitrogen and oxygen atoms in total. The molecule has 0 aliphatic heterocycles. The highest BCUT2D eigenvalue weighted by Crippen LogP contribution is 2.25. The minimum Gasteiger partial charge on any atom is -0.496 e. The van der Waals surface area contributed by atoms with Crippen LogP contribution in [0.2, 0.25) is 0 Å². The molecule has 0 heterocycles. The minimum atomic E-state index is -0.827. The van der Waals surface area contributed by atoms with Gasteiger partial charge in [-0.25, -0.2) is 0 Å². The minimum absolute atomic E-state index is 0.0275. The SMILES string of the molecule is COc1ccccc1[C@@H](C)NC(C(=O)O)C(C)C. The van der Waals surface area contributed by atoms with Crippen molar-refractivity contribution >= 4 is 5.97 Å². The van der Waals surface area contributed by atoms with E-state index >= 15 is 0 Å². The van der Waals surface area contributed by atoms with Crippen molar-refractivity contribution in [1.82, 2.24) is 5.32 Å². The number of para-hydroxylation sites is 1. The molecule has 4 heteroatoms. The molecule has 0 aromatic heterocycles. The summed E-state index contributed by atoms with van der Waals surface area (Å²) in [5.74, 6) is -0.0307. The number of nitrogens with one attached hydrogen (secondary N) is 1. The third-order valence-corrected chi connectivity index (χ3v) is 2.97. The van der Waals surface area contributed by atoms with E-state index in [4.69, 9.17) is 4.74 Å². The highest BCUT2D eigenvalue weighted by molar-refractivity contribution is 5.73. The maximum absolute atomic E-state index is 11.2. The van der Waals surface area contributed by atoms with E-state index in [2.05, 4.69) is 5.32 Å². The Morgan fingerprint density at radius 2 is 1.89 bits per heavy atom. The predicted octanol–water partition coefficient (Wildman–Crippen LogP) is 2.46. The lowest BCUT2D eigenvalue weighted by Gasteiger charge is -2.24. The molecule has 0 radical (unpaired) electrons. The zero-order valence-electron chi connectivity index (χ0n) is 11.3. The molecular weight excluding hydrogens is 230 g/mol. The van der Waals surface area contributed by atoms with Crippen LogP contribution in [0.3, 0.4) is 0 Å². The quantitative estimate of drug-likeness (QED) is 0.815. The second kappa shape index (κ2) is 6.40. The van der Waals surface area contributed by atoms with Crippen LogP contribution in [0.4, 0.5) is 0 Å². The van der Waals surface area contributed by atoms with E-state index in [0.29, 0.717) is 0 Å². The summed E-state index contributed by atoms with van der Waals surface area (Å²) in [5.41, 5.74) is 0.965. The van der Waals surface area contributed by atoms with E-state index < -0.39 is 12.0 Å². The largest absolute Gasteiger partial charge is 0.496 e. The van der Waals surface area contributed by atoms with Crippen molar-refractivity contribution in [2.24, 2.45) is 5.92 Å². The fourth-order valence-electron chi connectivity index (χ4n) is 1.93. The normalized spacial score (nSPS) is 14.3. The molecule has 0 fully saturated rings. The Labute approximate surface area is 108 Å². The van der Waals surface area contributed by atoms with Gasteiger partial charge in [-0.05, 0) is 18.9 Å². The Morgan fingerprint density at radius 3 is 2.39 bits per heavy atom. The first-order valence-corrected chi connectivity index (χ1v) is 6.09. The summed E-state index contributed by atoms with van der Waals surface area (Å²) >= 11 is 0. The van der Waals surface area contributed by atoms with E-state index in [9.17, 15) is 9.90 Å². The van der Waals surface area contributed by atoms with Crippen molar-refractivity contribution in [2.45, 2.75) is 32.9 Å². The Bertz CT molecular complexity index is 404. The molecule has 0 spiro atoms. The summed E-state index contributed by atoms with van der Waals surface area (Å²) in [6, 6.07) is 6.98. The van der Waals surface area contributed by atoms with Gasteiger partial charge in [0.25, 0.3) is 0 Å². The molecule has 18 heavy (non-hydrogen) atoms. The Hall–Kier alpha value is -1.55. The molecule has 2 N–H and O–H groups in total. The molecule has 1 aromatic rings. The lowest BCUT2D eigenvalue weighted by Crippen LogP contribution is -2.42. The predicted molar refractivity (Wildman–Crippen MR) is 70.8 cm³/mol. The second-order valence-corrected chi connectivity index (χ2v) is 4.69. The van der Waals surface area contributed by atoms with Crippen LogP contribution in [0.5, 0.6) is 5.75 Å². The number of rotatable bonds is 6. The summed E-state index contributed by atoms with van der Waals surface area (Å²) in [7, 11) is 1.61. The molecule has 0 amide bonds. The van der Waals surface area contributed by atoms with Crippen LogP contribution in [0.25, 0.3) is 0 Å². The van der Waals surface area contributed by atoms with Crippen molar-refractivity contribution in [3.8, 4) is 5.75 Å². The third kappa shape index (κ3) is 3.47. The maximum Gasteiger partial charge on any atom is 0.320 e. The molecule has 1 unspecified atom stereocenters. The highest BCUT2D eigenvalue weighted by Gasteiger charge is 2.24. The van der Waals surface area contributed by atoms with Gasteiger partial charge in [0.2, 0.25) is 0 Å². The molecule has 1 aromatic carbocycles. The Morgan fingerprint density at radius 1 is 1.28 bits per heavy atom. The van der Waals surface area contributed by atoms with Gasteiger partial charge in [-0.3, -0.25) is 10.1 Å². The molecule has 2 atom stereocenters. The van der Waals surface area contributed by atoms with Crippen LogP contribution >= 0.6 is 0 Å². The monoisotopic (exact) mass is 251 g/mol. The average molecular weight is 251 g/mol. The van der Waals surface area contributed by atoms with Gasteiger partial charge in [0.1, 0.15) is 11.8 Å². The molecule has 100 valence electrons. The van der Waals surface area contributed by atoms with Crippen molar-refractivity contribution in [3.05, 3.63) is 29.8 Å². The zero-order valence-corrected chi connectivity index (χ0v) is 11.3. The first-order valence-electron chi connectivity index (χ1n) is 6.09. The van der Waals surface area contributed by atoms with E-state index in [-0.39, 0.29) is 12.0 Å². The topological polar surface area (TPSA) is 58.6 Å². The lowest BCUT2D eigenvalue weighted by atomic mass is 10.0. The first-order chi connectivity index (χ1) is 8.47. The number of aliphatic carboxylic acids is 1. The highest BCUT2D eigenvalue weighted by atomic mass is 16.5. The van der Waals surface area contributed by atoms with Gasteiger partial charge in [-0.15, -0.1) is 0 Å². The van der Waals surface area contributed by atoms with E-state index in [1.165, 1.54) is 0 Å². The van der Waals surface area contributed by atoms with E-state index in [1.807, 2.05) is 45.0 Å². The van der Waals surface area contributed by atoms with Crippen LogP contribution in [0, 0.1) is 5.92 Å². The van der Waals surface area contributed by atoms with Crippen molar-refractivity contribution in [2.75, 3.05) is 7.11 Å². The van der Waals surface area contributed by atoms with Crippen LogP contribution < -0.4 is 10.1 Å². The smallest absolute Gasteiger partial charge is 0.320 e. The molecule has 0 saturated heterocycles. The fourth-order valence-corrected chi connectivity index (χ4v) is 1.93. The number of carboxylic acid groups (broad SMARTS) is 1. The summed E-state index contributed by atoms with van der Waals surface area (Å²) in [6.45, 7) is 5.72. The van der Waals surface area contributed by atoms with Crippen molar-refractivity contribution < 1.29 is 14.6 Å². The molecule has 1 rings (SSSR count). The molecule has 0 saturated carbocycles. The van der Waals surface area contributed by atoms with E-state index in [0.717, 1.165) is 11.3 Å². The van der Waals surface area contributed by atoms with Crippen LogP contribution in [0.15, 0.2) is 24.3 Å². The number of ether oxygens (including phenoxy) is 1. The number of hydrogen-bond acceptors (Lipinski definition) is 3. The molecular formula is C14H21NO3. The molecule has 0 bridgehead atoms. The Balaban J connectivity index is 2.86. The summed E-state index contributed by atoms with van der Waals surface area (Å²) < 4.78 is 5.28. The lowest BCUT2D eigenvalue weighted by molar-refractivity contribution is -0.140. The number of methoxy groups -OCH3 is 1. The maximum atomic E-state index is 11.2. The van der Waals surface area contributed by atoms with Crippen molar-refractivity contribution in [1.29, 1.82) is 0 Å². The number of carbonyl (C=O) groups is 1. The summed E-state index contributed by atoms with van der Waals surface area (Å²) in [6.07, 6.45) is 0. The van der Waals surface area contributed by atoms with Gasteiger partial charge >= 0.3 is 5.97 Å². The Kier molecular flexibility index (Phi) is 5.16. The summed E-state index contributed by atoms with van der Waals surface area (Å²) in [5, 5.41) is 12.3. The fraction of sp³-hybridized carbons (Fsp3) is 0.500. The van der Waals surface area contributed by atoms with E-state index in [1.54, 1.807) is 7.11 Å². The number of hydrogen-bond donors (Lipinski definition) is 2. The van der Waals surface area contributed by atoms with Gasteiger partial charge in [0.05, 0.1) is 7.11 Å². The van der Waals surface area contributed by atoms with Crippen LogP contribution in [-0.2, 0) is 4.79 Å². The number of carboxylic acids is 1. The van der Waals surface area contributed by atoms with Gasteiger partial charge in [0, 0.05) is 11.6 Å². The third-order valence-electron chi connectivity index (χ3n) is 2.97. The standard InChI is InChI=1S/C14H21NO3/c1-9(2)13(14(16)17)15-10(3)11-7-5-6-8-12(11)18-4/h5-10,13,15H,1-4H3,(H,16,17)/t10-,13?/m1/s1. The van der Waals surface area contributed by atoms with Crippen molar-refractivity contribution in [3.63, 3.8) is 0 Å². The first kappa shape index (κ1) is 14.5. The van der Waals surface area contributed by atoms with Crippen LogP contribution in [-0.4, -0.2) is 24.2 Å². The van der Waals surface area contributed by atoms with Gasteiger partial charge in [0.15, 0.2) is 0 Å². The molecule has 0 aliphatic rings. The molecule has 0 aliphatic carbocycles. The summed E-state index contributed by atoms with van der Waals surface area (Å²) in [4.78, 5) is 11.2. The zero-order chi connectivity index (χ0) is 13.7. The average Bonchev–Trinajstić information content (AvgIpc) is 2.34. The number of benzene rings is 1. The van der Waals surface area contributed by atoms with Gasteiger partial charge in [-0.1, -0.05) is 32.0 Å². The van der Waals surface area contributed by atoms with Gasteiger partial charge < -0.3 is 9.84 Å². The van der Waals surface area contributed by atoms with Gasteiger partial charge in [-0.2, -0.15) is 0 Å².